The van der Waals surface area contributed by atoms with Crippen LogP contribution in [-0.4, -0.2) is 123 Å². The molecule has 4 rings (SSSR count). The molecule has 2 aromatic carbocycles. The summed E-state index contributed by atoms with van der Waals surface area (Å²) in [6.45, 7) is -3.51. The zero-order valence-electron chi connectivity index (χ0n) is 32.0. The van der Waals surface area contributed by atoms with Gasteiger partial charge in [0.2, 0.25) is 0 Å². The molecule has 19 heteroatoms. The summed E-state index contributed by atoms with van der Waals surface area (Å²) in [6, 6.07) is 20.0. The number of nitrogens with zero attached hydrogens (tertiary/aromatic N) is 7. The number of aliphatic imine (C=N–C) groups is 2. The molecule has 0 radical (unpaired) electrons. The van der Waals surface area contributed by atoms with Crippen molar-refractivity contribution in [2.75, 3.05) is 32.7 Å². The van der Waals surface area contributed by atoms with Gasteiger partial charge in [-0.1, -0.05) is 23.7 Å². The fourth-order valence-corrected chi connectivity index (χ4v) is 5.99. The maximum absolute atomic E-state index is 12.2. The van der Waals surface area contributed by atoms with Crippen molar-refractivity contribution in [3.05, 3.63) is 118 Å². The number of carboxylic acid groups (broad SMARTS) is 5. The average molecular weight is 862 g/mol. The fourth-order valence-electron chi connectivity index (χ4n) is 5.78. The highest BCUT2D eigenvalue weighted by atomic mass is 32.1. The minimum absolute atomic E-state index is 0.107. The molecule has 0 aliphatic rings. The smallest absolute Gasteiger partial charge is 0.317 e. The molecule has 17 nitrogen and oxygen atoms in total. The second kappa shape index (κ2) is 23.3. The molecule has 2 aromatic heterocycles. The number of hydrogen-bond donors (Lipinski definition) is 5. The standard InChI is InChI=1S/C42H35N7O10S2/c50-38(51)21-47(17-34-13-30(3-1-28-5-9-32(10-6-28)43-26-60)15-36(45-34)19-48(22-39(52)53)23-40(54)55)18-35-14-31(4-2-29-7-11-33(12-8-29)44-27-61)16-37(46-35)20-49(24-41(56)57)25-42(58)59/h5-16H,17-25H2,(H,50,51)(H,52,53)(H,54,55)(H,56,57)(H,58,59). The van der Waals surface area contributed by atoms with E-state index in [1.807, 2.05) is 0 Å². The van der Waals surface area contributed by atoms with E-state index < -0.39 is 62.6 Å². The number of benzene rings is 2. The maximum atomic E-state index is 12.2. The quantitative estimate of drug-likeness (QED) is 0.0482. The number of aliphatic carboxylic acids is 5. The first-order valence-corrected chi connectivity index (χ1v) is 18.6. The van der Waals surface area contributed by atoms with Crippen LogP contribution in [0.3, 0.4) is 0 Å². The van der Waals surface area contributed by atoms with Crippen LogP contribution < -0.4 is 0 Å². The number of thiocarbonyl (C=S) groups is 2. The first-order chi connectivity index (χ1) is 29.2. The predicted octanol–water partition coefficient (Wildman–Crippen LogP) is 3.77. The lowest BCUT2D eigenvalue weighted by molar-refractivity contribution is -0.144. The number of pyridine rings is 2. The highest BCUT2D eigenvalue weighted by molar-refractivity contribution is 7.78. The summed E-state index contributed by atoms with van der Waals surface area (Å²) in [6.07, 6.45) is 0. The first kappa shape index (κ1) is 46.4. The molecular weight excluding hydrogens is 827 g/mol. The summed E-state index contributed by atoms with van der Waals surface area (Å²) in [5, 5.41) is 52.3. The van der Waals surface area contributed by atoms with E-state index in [0.29, 0.717) is 45.0 Å². The molecule has 0 unspecified atom stereocenters. The van der Waals surface area contributed by atoms with E-state index in [2.05, 4.69) is 78.4 Å². The largest absolute Gasteiger partial charge is 0.480 e. The molecule has 0 aliphatic heterocycles. The summed E-state index contributed by atoms with van der Waals surface area (Å²) in [7, 11) is 0. The molecular formula is C42H35N7O10S2. The topological polar surface area (TPSA) is 247 Å². The molecule has 2 heterocycles. The predicted molar refractivity (Wildman–Crippen MR) is 226 cm³/mol. The Balaban J connectivity index is 1.76. The molecule has 0 saturated carbocycles. The van der Waals surface area contributed by atoms with Crippen LogP contribution in [-0.2, 0) is 50.2 Å². The van der Waals surface area contributed by atoms with Crippen LogP contribution in [0.5, 0.6) is 0 Å². The van der Waals surface area contributed by atoms with E-state index in [1.54, 1.807) is 72.8 Å². The maximum Gasteiger partial charge on any atom is 0.317 e. The Morgan fingerprint density at radius 1 is 0.443 bits per heavy atom. The molecule has 310 valence electrons. The molecule has 0 amide bonds. The van der Waals surface area contributed by atoms with Crippen molar-refractivity contribution in [1.82, 2.24) is 24.7 Å². The highest BCUT2D eigenvalue weighted by Gasteiger charge is 2.20. The third-order valence-corrected chi connectivity index (χ3v) is 8.17. The molecule has 0 aliphatic carbocycles. The zero-order valence-corrected chi connectivity index (χ0v) is 33.6. The van der Waals surface area contributed by atoms with Crippen molar-refractivity contribution in [3.8, 4) is 23.7 Å². The number of isothiocyanates is 2. The van der Waals surface area contributed by atoms with Gasteiger partial charge in [-0.3, -0.25) is 48.6 Å². The lowest BCUT2D eigenvalue weighted by atomic mass is 10.1. The van der Waals surface area contributed by atoms with E-state index in [0.717, 1.165) is 9.80 Å². The molecule has 5 N–H and O–H groups in total. The van der Waals surface area contributed by atoms with Gasteiger partial charge < -0.3 is 25.5 Å². The van der Waals surface area contributed by atoms with Crippen LogP contribution in [0.2, 0.25) is 0 Å². The highest BCUT2D eigenvalue weighted by Crippen LogP contribution is 2.17. The van der Waals surface area contributed by atoms with Gasteiger partial charge in [0.25, 0.3) is 0 Å². The number of aromatic nitrogens is 2. The van der Waals surface area contributed by atoms with Crippen LogP contribution in [0.15, 0.2) is 82.8 Å². The van der Waals surface area contributed by atoms with Crippen LogP contribution in [0.1, 0.15) is 45.0 Å². The molecule has 4 aromatic rings. The molecule has 0 fully saturated rings. The van der Waals surface area contributed by atoms with Gasteiger partial charge in [0.05, 0.1) is 77.2 Å². The Morgan fingerprint density at radius 2 is 0.705 bits per heavy atom. The molecule has 0 atom stereocenters. The second-order valence-electron chi connectivity index (χ2n) is 13.1. The number of carboxylic acids is 5. The van der Waals surface area contributed by atoms with Crippen molar-refractivity contribution in [2.24, 2.45) is 9.98 Å². The summed E-state index contributed by atoms with van der Waals surface area (Å²) in [5.74, 6) is 5.90. The minimum atomic E-state index is -1.26. The zero-order chi connectivity index (χ0) is 44.3. The Labute approximate surface area is 359 Å². The van der Waals surface area contributed by atoms with Gasteiger partial charge in [0.15, 0.2) is 0 Å². The Hall–Kier alpha value is -7.31. The number of hydrogen-bond acceptors (Lipinski definition) is 14. The summed E-state index contributed by atoms with van der Waals surface area (Å²) >= 11 is 9.30. The second-order valence-corrected chi connectivity index (χ2v) is 13.4. The summed E-state index contributed by atoms with van der Waals surface area (Å²) in [5.41, 5.74) is 4.36. The Kier molecular flexibility index (Phi) is 17.7. The normalized spacial score (nSPS) is 10.4. The van der Waals surface area contributed by atoms with Crippen molar-refractivity contribution in [2.45, 2.75) is 26.2 Å². The van der Waals surface area contributed by atoms with Gasteiger partial charge in [-0.2, -0.15) is 9.98 Å². The van der Waals surface area contributed by atoms with E-state index in [9.17, 15) is 49.5 Å². The van der Waals surface area contributed by atoms with Gasteiger partial charge in [-0.25, -0.2) is 0 Å². The fraction of sp³-hybridized carbons (Fsp3) is 0.214. The first-order valence-electron chi connectivity index (χ1n) is 17.8. The molecule has 0 bridgehead atoms. The molecule has 0 saturated heterocycles. The van der Waals surface area contributed by atoms with Crippen LogP contribution in [0, 0.1) is 23.7 Å². The van der Waals surface area contributed by atoms with Crippen LogP contribution in [0.4, 0.5) is 11.4 Å². The van der Waals surface area contributed by atoms with Gasteiger partial charge in [-0.05, 0) is 97.2 Å². The van der Waals surface area contributed by atoms with Gasteiger partial charge in [-0.15, -0.1) is 0 Å². The van der Waals surface area contributed by atoms with Gasteiger partial charge in [0, 0.05) is 48.4 Å². The third-order valence-electron chi connectivity index (χ3n) is 7.99. The molecule has 0 spiro atoms. The van der Waals surface area contributed by atoms with Crippen LogP contribution >= 0.6 is 24.4 Å². The monoisotopic (exact) mass is 861 g/mol. The minimum Gasteiger partial charge on any atom is -0.480 e. The van der Waals surface area contributed by atoms with Crippen molar-refractivity contribution >= 4 is 76.0 Å². The molecule has 61 heavy (non-hydrogen) atoms. The lowest BCUT2D eigenvalue weighted by Gasteiger charge is -2.22. The summed E-state index contributed by atoms with van der Waals surface area (Å²) in [4.78, 5) is 79.5. The van der Waals surface area contributed by atoms with E-state index in [-0.39, 0.29) is 37.6 Å². The number of carbonyl (C=O) groups is 5. The third kappa shape index (κ3) is 17.2. The summed E-state index contributed by atoms with van der Waals surface area (Å²) < 4.78 is 0. The van der Waals surface area contributed by atoms with E-state index in [1.165, 1.54) is 4.90 Å². The Morgan fingerprint density at radius 3 is 0.984 bits per heavy atom. The van der Waals surface area contributed by atoms with Crippen molar-refractivity contribution in [1.29, 1.82) is 0 Å². The van der Waals surface area contributed by atoms with E-state index in [4.69, 9.17) is 0 Å². The Bertz CT molecular complexity index is 2320. The average Bonchev–Trinajstić information content (AvgIpc) is 3.16. The van der Waals surface area contributed by atoms with Gasteiger partial charge >= 0.3 is 29.8 Å². The van der Waals surface area contributed by atoms with E-state index >= 15 is 0 Å². The number of rotatable bonds is 20. The SMILES string of the molecule is O=C(O)CN(CC(=O)O)Cc1cc(C#Cc2ccc(N=C=S)cc2)cc(CN(CC(=O)O)Cc2cc(C#Cc3ccc(N=C=S)cc3)cc(CN(CC(=O)O)CC(=O)O)n2)n1. The van der Waals surface area contributed by atoms with Crippen molar-refractivity contribution < 1.29 is 49.5 Å². The van der Waals surface area contributed by atoms with Crippen molar-refractivity contribution in [3.63, 3.8) is 0 Å². The van der Waals surface area contributed by atoms with Gasteiger partial charge in [0.1, 0.15) is 0 Å². The van der Waals surface area contributed by atoms with Crippen LogP contribution in [0.25, 0.3) is 0 Å². The lowest BCUT2D eigenvalue weighted by Crippen LogP contribution is -2.34.